The standard InChI is InChI=1S/C19H33N3/c1-16(2)22(17(3)4)15-12-20-10-13-21(14-11-20)19-8-6-18(5)7-9-19/h6-9,16-17H,10-15H2,1-5H3. The maximum absolute atomic E-state index is 2.61. The van der Waals surface area contributed by atoms with Crippen LogP contribution in [-0.2, 0) is 0 Å². The van der Waals surface area contributed by atoms with Crippen LogP contribution in [0.2, 0.25) is 0 Å². The van der Waals surface area contributed by atoms with Crippen molar-refractivity contribution in [3.05, 3.63) is 29.8 Å². The molecular formula is C19H33N3. The van der Waals surface area contributed by atoms with E-state index in [0.29, 0.717) is 12.1 Å². The largest absolute Gasteiger partial charge is 0.369 e. The molecular weight excluding hydrogens is 270 g/mol. The van der Waals surface area contributed by atoms with Crippen LogP contribution in [0.4, 0.5) is 5.69 Å². The molecule has 0 spiro atoms. The maximum Gasteiger partial charge on any atom is 0.0367 e. The third-order valence-corrected chi connectivity index (χ3v) is 4.77. The van der Waals surface area contributed by atoms with Gasteiger partial charge in [0.05, 0.1) is 0 Å². The van der Waals surface area contributed by atoms with E-state index in [9.17, 15) is 0 Å². The van der Waals surface area contributed by atoms with E-state index in [1.165, 1.54) is 37.4 Å². The Kier molecular flexibility index (Phi) is 6.27. The molecule has 1 aliphatic heterocycles. The molecule has 1 aromatic carbocycles. The highest BCUT2D eigenvalue weighted by atomic mass is 15.3. The SMILES string of the molecule is Cc1ccc(N2CCN(CCN(C(C)C)C(C)C)CC2)cc1. The topological polar surface area (TPSA) is 9.72 Å². The summed E-state index contributed by atoms with van der Waals surface area (Å²) in [5, 5.41) is 0. The second-order valence-corrected chi connectivity index (χ2v) is 7.09. The lowest BCUT2D eigenvalue weighted by molar-refractivity contribution is 0.140. The molecule has 0 atom stereocenters. The molecule has 0 amide bonds. The summed E-state index contributed by atoms with van der Waals surface area (Å²) in [6, 6.07) is 10.2. The van der Waals surface area contributed by atoms with Crippen LogP contribution in [-0.4, -0.2) is 61.2 Å². The zero-order valence-electron chi connectivity index (χ0n) is 15.0. The summed E-state index contributed by atoms with van der Waals surface area (Å²) in [6.45, 7) is 18.4. The molecule has 1 aliphatic rings. The minimum atomic E-state index is 0.633. The predicted molar refractivity (Wildman–Crippen MR) is 96.8 cm³/mol. The number of hydrogen-bond acceptors (Lipinski definition) is 3. The van der Waals surface area contributed by atoms with Crippen LogP contribution in [0.1, 0.15) is 33.3 Å². The lowest BCUT2D eigenvalue weighted by Crippen LogP contribution is -2.50. The van der Waals surface area contributed by atoms with Gasteiger partial charge in [0.25, 0.3) is 0 Å². The van der Waals surface area contributed by atoms with Gasteiger partial charge in [-0.2, -0.15) is 0 Å². The van der Waals surface area contributed by atoms with Crippen LogP contribution < -0.4 is 4.90 Å². The smallest absolute Gasteiger partial charge is 0.0367 e. The van der Waals surface area contributed by atoms with Crippen molar-refractivity contribution in [2.24, 2.45) is 0 Å². The van der Waals surface area contributed by atoms with Crippen molar-refractivity contribution >= 4 is 5.69 Å². The van der Waals surface area contributed by atoms with Crippen molar-refractivity contribution in [1.82, 2.24) is 9.80 Å². The van der Waals surface area contributed by atoms with Gasteiger partial charge >= 0.3 is 0 Å². The Morgan fingerprint density at radius 1 is 0.909 bits per heavy atom. The van der Waals surface area contributed by atoms with E-state index >= 15 is 0 Å². The fourth-order valence-corrected chi connectivity index (χ4v) is 3.35. The second kappa shape index (κ2) is 7.98. The second-order valence-electron chi connectivity index (χ2n) is 7.09. The van der Waals surface area contributed by atoms with Crippen molar-refractivity contribution in [2.75, 3.05) is 44.2 Å². The van der Waals surface area contributed by atoms with Gasteiger partial charge in [-0.15, -0.1) is 0 Å². The Bertz CT molecular complexity index is 422. The third-order valence-electron chi connectivity index (χ3n) is 4.77. The minimum Gasteiger partial charge on any atom is -0.369 e. The average Bonchev–Trinajstić information content (AvgIpc) is 2.48. The number of aryl methyl sites for hydroxylation is 1. The molecule has 0 radical (unpaired) electrons. The summed E-state index contributed by atoms with van der Waals surface area (Å²) in [7, 11) is 0. The fourth-order valence-electron chi connectivity index (χ4n) is 3.35. The van der Waals surface area contributed by atoms with Gasteiger partial charge in [-0.1, -0.05) is 17.7 Å². The maximum atomic E-state index is 2.61. The summed E-state index contributed by atoms with van der Waals surface area (Å²) < 4.78 is 0. The summed E-state index contributed by atoms with van der Waals surface area (Å²) in [5.41, 5.74) is 2.71. The molecule has 0 unspecified atom stereocenters. The number of hydrogen-bond donors (Lipinski definition) is 0. The monoisotopic (exact) mass is 303 g/mol. The van der Waals surface area contributed by atoms with Gasteiger partial charge in [0.2, 0.25) is 0 Å². The van der Waals surface area contributed by atoms with E-state index in [2.05, 4.69) is 73.6 Å². The van der Waals surface area contributed by atoms with Gasteiger partial charge < -0.3 is 4.90 Å². The molecule has 0 aromatic heterocycles. The van der Waals surface area contributed by atoms with Gasteiger partial charge in [0, 0.05) is 57.0 Å². The Balaban J connectivity index is 1.78. The quantitative estimate of drug-likeness (QED) is 0.799. The number of piperazine rings is 1. The predicted octanol–water partition coefficient (Wildman–Crippen LogP) is 3.24. The first-order valence-electron chi connectivity index (χ1n) is 8.77. The summed E-state index contributed by atoms with van der Waals surface area (Å²) in [4.78, 5) is 7.72. The summed E-state index contributed by atoms with van der Waals surface area (Å²) in [6.07, 6.45) is 0. The van der Waals surface area contributed by atoms with E-state index in [0.717, 1.165) is 13.1 Å². The lowest BCUT2D eigenvalue weighted by atomic mass is 10.2. The molecule has 3 nitrogen and oxygen atoms in total. The summed E-state index contributed by atoms with van der Waals surface area (Å²) in [5.74, 6) is 0. The molecule has 1 heterocycles. The first-order chi connectivity index (χ1) is 10.5. The van der Waals surface area contributed by atoms with Crippen LogP contribution in [0, 0.1) is 6.92 Å². The third kappa shape index (κ3) is 4.72. The van der Waals surface area contributed by atoms with E-state index in [4.69, 9.17) is 0 Å². The normalized spacial score (nSPS) is 17.0. The van der Waals surface area contributed by atoms with Gasteiger partial charge in [-0.05, 0) is 46.8 Å². The Labute approximate surface area is 136 Å². The number of anilines is 1. The lowest BCUT2D eigenvalue weighted by Gasteiger charge is -2.38. The average molecular weight is 303 g/mol. The molecule has 124 valence electrons. The molecule has 1 aromatic rings. The van der Waals surface area contributed by atoms with E-state index in [1.54, 1.807) is 0 Å². The van der Waals surface area contributed by atoms with Gasteiger partial charge in [-0.3, -0.25) is 9.80 Å². The summed E-state index contributed by atoms with van der Waals surface area (Å²) >= 11 is 0. The molecule has 0 aliphatic carbocycles. The Hall–Kier alpha value is -1.06. The highest BCUT2D eigenvalue weighted by molar-refractivity contribution is 5.47. The first kappa shape index (κ1) is 17.3. The zero-order valence-corrected chi connectivity index (χ0v) is 15.0. The van der Waals surface area contributed by atoms with Crippen molar-refractivity contribution in [1.29, 1.82) is 0 Å². The van der Waals surface area contributed by atoms with Gasteiger partial charge in [-0.25, -0.2) is 0 Å². The van der Waals surface area contributed by atoms with E-state index < -0.39 is 0 Å². The molecule has 3 heteroatoms. The van der Waals surface area contributed by atoms with Crippen molar-refractivity contribution < 1.29 is 0 Å². The van der Waals surface area contributed by atoms with Crippen LogP contribution in [0.15, 0.2) is 24.3 Å². The van der Waals surface area contributed by atoms with Crippen molar-refractivity contribution in [3.63, 3.8) is 0 Å². The molecule has 0 saturated carbocycles. The van der Waals surface area contributed by atoms with Crippen molar-refractivity contribution in [3.8, 4) is 0 Å². The Morgan fingerprint density at radius 2 is 1.45 bits per heavy atom. The molecule has 1 fully saturated rings. The molecule has 0 bridgehead atoms. The van der Waals surface area contributed by atoms with Crippen LogP contribution in [0.3, 0.4) is 0 Å². The fraction of sp³-hybridized carbons (Fsp3) is 0.684. The van der Waals surface area contributed by atoms with Crippen molar-refractivity contribution in [2.45, 2.75) is 46.7 Å². The van der Waals surface area contributed by atoms with Crippen LogP contribution >= 0.6 is 0 Å². The Morgan fingerprint density at radius 3 is 1.95 bits per heavy atom. The molecule has 0 N–H and O–H groups in total. The first-order valence-corrected chi connectivity index (χ1v) is 8.77. The molecule has 1 saturated heterocycles. The van der Waals surface area contributed by atoms with Gasteiger partial charge in [0.1, 0.15) is 0 Å². The number of rotatable bonds is 6. The minimum absolute atomic E-state index is 0.633. The van der Waals surface area contributed by atoms with E-state index in [1.807, 2.05) is 0 Å². The van der Waals surface area contributed by atoms with Crippen LogP contribution in [0.25, 0.3) is 0 Å². The number of benzene rings is 1. The van der Waals surface area contributed by atoms with Gasteiger partial charge in [0.15, 0.2) is 0 Å². The van der Waals surface area contributed by atoms with E-state index in [-0.39, 0.29) is 0 Å². The highest BCUT2D eigenvalue weighted by Gasteiger charge is 2.19. The van der Waals surface area contributed by atoms with Crippen LogP contribution in [0.5, 0.6) is 0 Å². The zero-order chi connectivity index (χ0) is 16.1. The molecule has 2 rings (SSSR count). The highest BCUT2D eigenvalue weighted by Crippen LogP contribution is 2.17. The molecule has 22 heavy (non-hydrogen) atoms. The number of nitrogens with zero attached hydrogens (tertiary/aromatic N) is 3.